The largest absolute Gasteiger partial charge is 0.361 e. The maximum atomic E-state index is 9.20. The second-order valence-electron chi connectivity index (χ2n) is 4.05. The molecule has 0 aliphatic rings. The Morgan fingerprint density at radius 1 is 1.06 bits per heavy atom. The van der Waals surface area contributed by atoms with Crippen molar-refractivity contribution in [2.45, 2.75) is 0 Å². The number of hydrogen-bond acceptors (Lipinski definition) is 1. The number of nitrogens with one attached hydrogen (secondary N) is 1. The van der Waals surface area contributed by atoms with Crippen molar-refractivity contribution in [2.24, 2.45) is 0 Å². The summed E-state index contributed by atoms with van der Waals surface area (Å²) in [6, 6.07) is 16.0. The predicted molar refractivity (Wildman–Crippen MR) is 76.1 cm³/mol. The van der Waals surface area contributed by atoms with Gasteiger partial charge in [-0.1, -0.05) is 34.1 Å². The Labute approximate surface area is 113 Å². The average Bonchev–Trinajstić information content (AvgIpc) is 2.82. The molecule has 0 unspecified atom stereocenters. The van der Waals surface area contributed by atoms with Crippen LogP contribution >= 0.6 is 15.9 Å². The van der Waals surface area contributed by atoms with Gasteiger partial charge in [0.1, 0.15) is 0 Å². The van der Waals surface area contributed by atoms with E-state index in [9.17, 15) is 5.26 Å². The summed E-state index contributed by atoms with van der Waals surface area (Å²) in [5, 5.41) is 10.3. The minimum Gasteiger partial charge on any atom is -0.361 e. The number of hydrogen-bond donors (Lipinski definition) is 1. The van der Waals surface area contributed by atoms with E-state index >= 15 is 0 Å². The van der Waals surface area contributed by atoms with Gasteiger partial charge in [-0.25, -0.2) is 0 Å². The van der Waals surface area contributed by atoms with Crippen molar-refractivity contribution in [3.63, 3.8) is 0 Å². The monoisotopic (exact) mass is 296 g/mol. The van der Waals surface area contributed by atoms with Crippen LogP contribution in [0.25, 0.3) is 22.0 Å². The summed E-state index contributed by atoms with van der Waals surface area (Å²) in [4.78, 5) is 3.23. The zero-order chi connectivity index (χ0) is 12.5. The highest BCUT2D eigenvalue weighted by Crippen LogP contribution is 2.32. The van der Waals surface area contributed by atoms with Crippen LogP contribution in [0.15, 0.2) is 53.1 Å². The van der Waals surface area contributed by atoms with Crippen molar-refractivity contribution in [2.75, 3.05) is 0 Å². The molecule has 0 saturated heterocycles. The number of nitriles is 1. The lowest BCUT2D eigenvalue weighted by Crippen LogP contribution is -1.83. The molecule has 1 N–H and O–H groups in total. The van der Waals surface area contributed by atoms with Crippen LogP contribution in [-0.4, -0.2) is 4.98 Å². The molecule has 1 heterocycles. The van der Waals surface area contributed by atoms with E-state index in [0.29, 0.717) is 5.56 Å². The van der Waals surface area contributed by atoms with Crippen LogP contribution in [0.2, 0.25) is 0 Å². The lowest BCUT2D eigenvalue weighted by atomic mass is 10.00. The summed E-state index contributed by atoms with van der Waals surface area (Å²) in [5.41, 5.74) is 3.77. The molecule has 3 aromatic rings. The quantitative estimate of drug-likeness (QED) is 0.707. The van der Waals surface area contributed by atoms with Crippen LogP contribution in [0.4, 0.5) is 0 Å². The van der Waals surface area contributed by atoms with Crippen LogP contribution in [0, 0.1) is 11.3 Å². The highest BCUT2D eigenvalue weighted by Gasteiger charge is 2.10. The van der Waals surface area contributed by atoms with E-state index in [1.807, 2.05) is 42.6 Å². The lowest BCUT2D eigenvalue weighted by molar-refractivity contribution is 1.45. The molecule has 18 heavy (non-hydrogen) atoms. The molecule has 0 radical (unpaired) electrons. The maximum Gasteiger partial charge on any atom is 0.0998 e. The van der Waals surface area contributed by atoms with Crippen LogP contribution in [0.5, 0.6) is 0 Å². The highest BCUT2D eigenvalue weighted by atomic mass is 79.9. The van der Waals surface area contributed by atoms with Crippen molar-refractivity contribution in [1.29, 1.82) is 5.26 Å². The number of aromatic nitrogens is 1. The zero-order valence-electron chi connectivity index (χ0n) is 9.44. The molecule has 0 aliphatic heterocycles. The van der Waals surface area contributed by atoms with Gasteiger partial charge in [0.15, 0.2) is 0 Å². The summed E-state index contributed by atoms with van der Waals surface area (Å²) in [5.74, 6) is 0. The average molecular weight is 297 g/mol. The van der Waals surface area contributed by atoms with E-state index in [1.54, 1.807) is 0 Å². The van der Waals surface area contributed by atoms with E-state index in [-0.39, 0.29) is 0 Å². The number of rotatable bonds is 1. The van der Waals surface area contributed by atoms with Crippen LogP contribution < -0.4 is 0 Å². The predicted octanol–water partition coefficient (Wildman–Crippen LogP) is 4.47. The first-order valence-electron chi connectivity index (χ1n) is 5.56. The summed E-state index contributed by atoms with van der Waals surface area (Å²) >= 11 is 3.46. The third-order valence-corrected chi connectivity index (χ3v) is 3.47. The van der Waals surface area contributed by atoms with Gasteiger partial charge in [-0.2, -0.15) is 5.26 Å². The summed E-state index contributed by atoms with van der Waals surface area (Å²) in [7, 11) is 0. The lowest BCUT2D eigenvalue weighted by Gasteiger charge is -2.03. The molecule has 3 heteroatoms. The SMILES string of the molecule is N#Cc1ccc(Br)cc1-c1c[nH]c2ccccc12. The van der Waals surface area contributed by atoms with Gasteiger partial charge < -0.3 is 4.98 Å². The van der Waals surface area contributed by atoms with Crippen molar-refractivity contribution in [1.82, 2.24) is 4.98 Å². The van der Waals surface area contributed by atoms with Gasteiger partial charge in [-0.05, 0) is 24.3 Å². The molecule has 1 aromatic heterocycles. The Morgan fingerprint density at radius 2 is 1.89 bits per heavy atom. The molecular formula is C15H9BrN2. The van der Waals surface area contributed by atoms with E-state index < -0.39 is 0 Å². The second-order valence-corrected chi connectivity index (χ2v) is 4.97. The summed E-state index contributed by atoms with van der Waals surface area (Å²) in [6.45, 7) is 0. The first-order valence-corrected chi connectivity index (χ1v) is 6.35. The Kier molecular flexibility index (Phi) is 2.66. The topological polar surface area (TPSA) is 39.6 Å². The molecule has 0 aliphatic carbocycles. The number of nitrogens with zero attached hydrogens (tertiary/aromatic N) is 1. The van der Waals surface area contributed by atoms with E-state index in [4.69, 9.17) is 0 Å². The van der Waals surface area contributed by atoms with Gasteiger partial charge in [0.05, 0.1) is 11.6 Å². The smallest absolute Gasteiger partial charge is 0.0998 e. The Bertz CT molecular complexity index is 766. The fraction of sp³-hybridized carbons (Fsp3) is 0. The fourth-order valence-electron chi connectivity index (χ4n) is 2.13. The molecule has 0 atom stereocenters. The van der Waals surface area contributed by atoms with Crippen molar-refractivity contribution in [3.05, 3.63) is 58.7 Å². The first kappa shape index (κ1) is 11.1. The fourth-order valence-corrected chi connectivity index (χ4v) is 2.49. The Morgan fingerprint density at radius 3 is 2.72 bits per heavy atom. The molecule has 0 amide bonds. The van der Waals surface area contributed by atoms with Gasteiger partial charge in [-0.15, -0.1) is 0 Å². The van der Waals surface area contributed by atoms with Gasteiger partial charge >= 0.3 is 0 Å². The van der Waals surface area contributed by atoms with Crippen LogP contribution in [-0.2, 0) is 0 Å². The van der Waals surface area contributed by atoms with Crippen molar-refractivity contribution in [3.8, 4) is 17.2 Å². The first-order chi connectivity index (χ1) is 8.79. The van der Waals surface area contributed by atoms with Crippen LogP contribution in [0.1, 0.15) is 5.56 Å². The van der Waals surface area contributed by atoms with Crippen molar-refractivity contribution < 1.29 is 0 Å². The summed E-state index contributed by atoms with van der Waals surface area (Å²) < 4.78 is 0.974. The number of aromatic amines is 1. The molecule has 0 bridgehead atoms. The molecule has 0 saturated carbocycles. The number of para-hydroxylation sites is 1. The molecule has 3 rings (SSSR count). The number of fused-ring (bicyclic) bond motifs is 1. The Balaban J connectivity index is 2.33. The third-order valence-electron chi connectivity index (χ3n) is 2.98. The second kappa shape index (κ2) is 4.32. The minimum atomic E-state index is 0.683. The molecule has 0 fully saturated rings. The van der Waals surface area contributed by atoms with E-state index in [1.165, 1.54) is 0 Å². The molecule has 2 nitrogen and oxygen atoms in total. The summed E-state index contributed by atoms with van der Waals surface area (Å²) in [6.07, 6.45) is 1.95. The highest BCUT2D eigenvalue weighted by molar-refractivity contribution is 9.10. The molecule has 86 valence electrons. The number of H-pyrrole nitrogens is 1. The van der Waals surface area contributed by atoms with Gasteiger partial charge in [0.25, 0.3) is 0 Å². The van der Waals surface area contributed by atoms with E-state index in [0.717, 1.165) is 26.5 Å². The minimum absolute atomic E-state index is 0.683. The number of benzene rings is 2. The van der Waals surface area contributed by atoms with Gasteiger partial charge in [0.2, 0.25) is 0 Å². The van der Waals surface area contributed by atoms with Crippen LogP contribution in [0.3, 0.4) is 0 Å². The maximum absolute atomic E-state index is 9.20. The Hall–Kier alpha value is -2.05. The van der Waals surface area contributed by atoms with Crippen molar-refractivity contribution >= 4 is 26.8 Å². The van der Waals surface area contributed by atoms with E-state index in [2.05, 4.69) is 33.0 Å². The number of halogens is 1. The van der Waals surface area contributed by atoms with Gasteiger partial charge in [0, 0.05) is 32.7 Å². The van der Waals surface area contributed by atoms with Gasteiger partial charge in [-0.3, -0.25) is 0 Å². The molecule has 0 spiro atoms. The molecular weight excluding hydrogens is 288 g/mol. The third kappa shape index (κ3) is 1.71. The standard InChI is InChI=1S/C15H9BrN2/c16-11-6-5-10(8-17)13(7-11)14-9-18-15-4-2-1-3-12(14)15/h1-7,9,18H. The normalized spacial score (nSPS) is 10.4. The molecule has 2 aromatic carbocycles. The zero-order valence-corrected chi connectivity index (χ0v) is 11.0.